The van der Waals surface area contributed by atoms with Gasteiger partial charge in [-0.05, 0) is 31.4 Å². The number of nitrogens with zero attached hydrogens (tertiary/aromatic N) is 1. The largest absolute Gasteiger partial charge is 0.339 e. The minimum atomic E-state index is 0.0608. The van der Waals surface area contributed by atoms with E-state index in [9.17, 15) is 4.79 Å². The Hall–Kier alpha value is -0.960. The Balaban J connectivity index is 2.68. The van der Waals surface area contributed by atoms with Crippen LogP contribution in [0.25, 0.3) is 0 Å². The van der Waals surface area contributed by atoms with Gasteiger partial charge in [0.1, 0.15) is 0 Å². The minimum absolute atomic E-state index is 0.0608. The van der Waals surface area contributed by atoms with Gasteiger partial charge in [0, 0.05) is 18.5 Å². The van der Waals surface area contributed by atoms with Gasteiger partial charge in [0.05, 0.1) is 17.0 Å². The summed E-state index contributed by atoms with van der Waals surface area (Å²) in [5, 5.41) is 1.86. The van der Waals surface area contributed by atoms with E-state index in [1.807, 2.05) is 18.5 Å². The fraction of sp³-hybridized carbons (Fsp3) is 0.500. The summed E-state index contributed by atoms with van der Waals surface area (Å²) in [5.41, 5.74) is 6.04. The zero-order valence-electron chi connectivity index (χ0n) is 11.6. The molecule has 0 aliphatic carbocycles. The van der Waals surface area contributed by atoms with Crippen LogP contribution < -0.4 is 5.73 Å². The van der Waals surface area contributed by atoms with Crippen LogP contribution in [0, 0.1) is 11.8 Å². The lowest BCUT2D eigenvalue weighted by molar-refractivity contribution is 0.0742. The molecule has 0 aromatic carbocycles. The Morgan fingerprint density at radius 1 is 1.63 bits per heavy atom. The van der Waals surface area contributed by atoms with Crippen LogP contribution in [0.2, 0.25) is 0 Å². The molecule has 1 amide bonds. The lowest BCUT2D eigenvalue weighted by atomic mass is 10.2. The van der Waals surface area contributed by atoms with Gasteiger partial charge in [0.25, 0.3) is 5.91 Å². The van der Waals surface area contributed by atoms with Crippen LogP contribution in [-0.4, -0.2) is 42.4 Å². The summed E-state index contributed by atoms with van der Waals surface area (Å²) < 4.78 is 0. The van der Waals surface area contributed by atoms with E-state index in [1.165, 1.54) is 11.3 Å². The van der Waals surface area contributed by atoms with Crippen molar-refractivity contribution in [3.05, 3.63) is 21.9 Å². The van der Waals surface area contributed by atoms with Crippen LogP contribution in [0.5, 0.6) is 0 Å². The first-order chi connectivity index (χ1) is 9.10. The van der Waals surface area contributed by atoms with Gasteiger partial charge in [0.2, 0.25) is 0 Å². The molecule has 104 valence electrons. The molecule has 0 radical (unpaired) electrons. The van der Waals surface area contributed by atoms with Crippen LogP contribution in [0.3, 0.4) is 0 Å². The third-order valence-corrected chi connectivity index (χ3v) is 4.37. The molecule has 0 fully saturated rings. The number of thioether (sulfide) groups is 1. The highest BCUT2D eigenvalue weighted by atomic mass is 32.2. The average molecular weight is 296 g/mol. The molecule has 0 spiro atoms. The highest BCUT2D eigenvalue weighted by molar-refractivity contribution is 7.98. The van der Waals surface area contributed by atoms with E-state index < -0.39 is 0 Å². The van der Waals surface area contributed by atoms with E-state index in [2.05, 4.69) is 25.0 Å². The Morgan fingerprint density at radius 2 is 2.37 bits per heavy atom. The topological polar surface area (TPSA) is 46.3 Å². The van der Waals surface area contributed by atoms with Crippen molar-refractivity contribution in [2.45, 2.75) is 19.4 Å². The quantitative estimate of drug-likeness (QED) is 0.848. The van der Waals surface area contributed by atoms with Gasteiger partial charge < -0.3 is 10.6 Å². The molecule has 1 rings (SSSR count). The van der Waals surface area contributed by atoms with E-state index in [-0.39, 0.29) is 11.9 Å². The Morgan fingerprint density at radius 3 is 3.00 bits per heavy atom. The first-order valence-corrected chi connectivity index (χ1v) is 8.41. The molecule has 19 heavy (non-hydrogen) atoms. The summed E-state index contributed by atoms with van der Waals surface area (Å²) >= 11 is 3.29. The average Bonchev–Trinajstić information content (AvgIpc) is 2.89. The molecule has 5 heteroatoms. The van der Waals surface area contributed by atoms with Gasteiger partial charge in [-0.3, -0.25) is 4.79 Å². The Bertz CT molecular complexity index is 473. The summed E-state index contributed by atoms with van der Waals surface area (Å²) in [4.78, 5) is 15.0. The highest BCUT2D eigenvalue weighted by Gasteiger charge is 2.18. The Kier molecular flexibility index (Phi) is 7.00. The van der Waals surface area contributed by atoms with Gasteiger partial charge in [-0.1, -0.05) is 11.8 Å². The summed E-state index contributed by atoms with van der Waals surface area (Å²) in [7, 11) is 1.86. The third-order valence-electron chi connectivity index (χ3n) is 2.88. The second kappa shape index (κ2) is 8.26. The maximum atomic E-state index is 12.3. The fourth-order valence-corrected chi connectivity index (χ4v) is 2.86. The number of hydrogen-bond acceptors (Lipinski definition) is 4. The van der Waals surface area contributed by atoms with Crippen molar-refractivity contribution in [2.75, 3.05) is 25.6 Å². The van der Waals surface area contributed by atoms with Crippen LogP contribution in [0.1, 0.15) is 28.6 Å². The van der Waals surface area contributed by atoms with Crippen molar-refractivity contribution in [3.8, 4) is 11.8 Å². The fourth-order valence-electron chi connectivity index (χ4n) is 1.54. The molecule has 0 saturated heterocycles. The van der Waals surface area contributed by atoms with Crippen LogP contribution >= 0.6 is 23.1 Å². The summed E-state index contributed by atoms with van der Waals surface area (Å²) in [6.45, 7) is 2.42. The normalized spacial score (nSPS) is 11.6. The molecule has 0 saturated carbocycles. The van der Waals surface area contributed by atoms with Crippen molar-refractivity contribution >= 4 is 29.0 Å². The molecule has 0 aliphatic rings. The van der Waals surface area contributed by atoms with Crippen molar-refractivity contribution in [2.24, 2.45) is 5.73 Å². The number of rotatable bonds is 5. The third kappa shape index (κ3) is 4.90. The van der Waals surface area contributed by atoms with E-state index in [4.69, 9.17) is 5.73 Å². The van der Waals surface area contributed by atoms with Gasteiger partial charge in [-0.25, -0.2) is 0 Å². The van der Waals surface area contributed by atoms with Crippen LogP contribution in [0.15, 0.2) is 11.4 Å². The molecule has 3 nitrogen and oxygen atoms in total. The van der Waals surface area contributed by atoms with Gasteiger partial charge >= 0.3 is 0 Å². The molecule has 1 atom stereocenters. The van der Waals surface area contributed by atoms with E-state index in [1.54, 1.807) is 16.7 Å². The van der Waals surface area contributed by atoms with Crippen molar-refractivity contribution < 1.29 is 4.79 Å². The SMILES string of the molecule is CSCCC(C)N(C)C(=O)c1csc(C#CCN)c1. The van der Waals surface area contributed by atoms with Crippen LogP contribution in [-0.2, 0) is 0 Å². The second-order valence-corrected chi connectivity index (χ2v) is 6.15. The lowest BCUT2D eigenvalue weighted by Gasteiger charge is -2.24. The number of nitrogens with two attached hydrogens (primary N) is 1. The van der Waals surface area contributed by atoms with Crippen LogP contribution in [0.4, 0.5) is 0 Å². The number of amides is 1. The molecule has 1 unspecified atom stereocenters. The summed E-state index contributed by atoms with van der Waals surface area (Å²) in [5.74, 6) is 6.87. The summed E-state index contributed by atoms with van der Waals surface area (Å²) in [6, 6.07) is 2.09. The summed E-state index contributed by atoms with van der Waals surface area (Å²) in [6.07, 6.45) is 3.09. The van der Waals surface area contributed by atoms with Gasteiger partial charge in [-0.15, -0.1) is 11.3 Å². The van der Waals surface area contributed by atoms with Crippen molar-refractivity contribution in [1.82, 2.24) is 4.90 Å². The second-order valence-electron chi connectivity index (χ2n) is 4.25. The number of hydrogen-bond donors (Lipinski definition) is 1. The Labute approximate surface area is 123 Å². The molecular weight excluding hydrogens is 276 g/mol. The minimum Gasteiger partial charge on any atom is -0.339 e. The molecule has 0 aliphatic heterocycles. The molecule has 1 heterocycles. The first kappa shape index (κ1) is 16.1. The predicted molar refractivity (Wildman–Crippen MR) is 84.8 cm³/mol. The van der Waals surface area contributed by atoms with Gasteiger partial charge in [0.15, 0.2) is 0 Å². The predicted octanol–water partition coefficient (Wildman–Crippen LogP) is 2.27. The lowest BCUT2D eigenvalue weighted by Crippen LogP contribution is -2.35. The number of carbonyl (C=O) groups excluding carboxylic acids is 1. The number of carbonyl (C=O) groups is 1. The van der Waals surface area contributed by atoms with Crippen molar-refractivity contribution in [3.63, 3.8) is 0 Å². The maximum Gasteiger partial charge on any atom is 0.254 e. The monoisotopic (exact) mass is 296 g/mol. The molecule has 0 bridgehead atoms. The standard InChI is InChI=1S/C14H20N2OS2/c1-11(6-8-18-3)16(2)14(17)12-9-13(19-10-12)5-4-7-15/h9-11H,6-8,15H2,1-3H3. The smallest absolute Gasteiger partial charge is 0.254 e. The number of thiophene rings is 1. The highest BCUT2D eigenvalue weighted by Crippen LogP contribution is 2.17. The van der Waals surface area contributed by atoms with E-state index >= 15 is 0 Å². The zero-order chi connectivity index (χ0) is 14.3. The van der Waals surface area contributed by atoms with E-state index in [0.717, 1.165) is 17.1 Å². The van der Waals surface area contributed by atoms with Gasteiger partial charge in [-0.2, -0.15) is 11.8 Å². The maximum absolute atomic E-state index is 12.3. The molecule has 1 aromatic heterocycles. The molecular formula is C14H20N2OS2. The molecule has 1 aromatic rings. The van der Waals surface area contributed by atoms with E-state index in [0.29, 0.717) is 12.1 Å². The first-order valence-electron chi connectivity index (χ1n) is 6.13. The van der Waals surface area contributed by atoms with Crippen molar-refractivity contribution in [1.29, 1.82) is 0 Å². The molecule has 2 N–H and O–H groups in total. The zero-order valence-corrected chi connectivity index (χ0v) is 13.2.